The third-order valence-electron chi connectivity index (χ3n) is 3.45. The fraction of sp³-hybridized carbons (Fsp3) is 0.500. The predicted molar refractivity (Wildman–Crippen MR) is 85.6 cm³/mol. The monoisotopic (exact) mass is 346 g/mol. The number of carbonyl (C=O) groups is 1. The van der Waals surface area contributed by atoms with Crippen molar-refractivity contribution in [3.05, 3.63) is 29.3 Å². The highest BCUT2D eigenvalue weighted by Crippen LogP contribution is 2.25. The fourth-order valence-corrected chi connectivity index (χ4v) is 3.81. The summed E-state index contributed by atoms with van der Waals surface area (Å²) in [6, 6.07) is 5.62. The van der Waals surface area contributed by atoms with E-state index in [1.165, 1.54) is 6.07 Å². The lowest BCUT2D eigenvalue weighted by Gasteiger charge is -2.34. The Morgan fingerprint density at radius 2 is 2.00 bits per heavy atom. The van der Waals surface area contributed by atoms with E-state index in [1.807, 2.05) is 0 Å². The molecule has 6 nitrogen and oxygen atoms in total. The van der Waals surface area contributed by atoms with Crippen LogP contribution in [0.15, 0.2) is 24.3 Å². The second-order valence-corrected chi connectivity index (χ2v) is 7.45. The summed E-state index contributed by atoms with van der Waals surface area (Å²) in [5, 5.41) is 0.414. The zero-order valence-corrected chi connectivity index (χ0v) is 14.1. The van der Waals surface area contributed by atoms with Crippen LogP contribution in [0.3, 0.4) is 0 Å². The quantitative estimate of drug-likeness (QED) is 0.825. The third kappa shape index (κ3) is 3.91. The number of hydrogen-bond donors (Lipinski definition) is 0. The normalized spacial score (nSPS) is 17.1. The molecule has 1 aromatic carbocycles. The Kier molecular flexibility index (Phi) is 5.31. The van der Waals surface area contributed by atoms with Gasteiger partial charge in [-0.3, -0.25) is 9.10 Å². The molecular formula is C14H19ClN2O4S. The van der Waals surface area contributed by atoms with E-state index < -0.39 is 16.1 Å². The van der Waals surface area contributed by atoms with Gasteiger partial charge in [0.25, 0.3) is 0 Å². The number of carbonyl (C=O) groups excluding carboxylic acids is 1. The fourth-order valence-electron chi connectivity index (χ4n) is 2.46. The number of morpholine rings is 1. The van der Waals surface area contributed by atoms with Crippen LogP contribution in [0.1, 0.15) is 6.92 Å². The molecule has 0 saturated carbocycles. The van der Waals surface area contributed by atoms with E-state index in [4.69, 9.17) is 16.3 Å². The van der Waals surface area contributed by atoms with Crippen molar-refractivity contribution < 1.29 is 17.9 Å². The topological polar surface area (TPSA) is 66.9 Å². The van der Waals surface area contributed by atoms with Gasteiger partial charge in [-0.25, -0.2) is 8.42 Å². The van der Waals surface area contributed by atoms with Crippen LogP contribution >= 0.6 is 11.6 Å². The summed E-state index contributed by atoms with van der Waals surface area (Å²) in [4.78, 5) is 14.2. The molecule has 22 heavy (non-hydrogen) atoms. The van der Waals surface area contributed by atoms with Gasteiger partial charge in [0.05, 0.1) is 25.2 Å². The summed E-state index contributed by atoms with van der Waals surface area (Å²) < 4.78 is 30.6. The Morgan fingerprint density at radius 1 is 1.36 bits per heavy atom. The number of halogens is 1. The molecule has 1 aromatic rings. The molecule has 0 N–H and O–H groups in total. The van der Waals surface area contributed by atoms with Crippen molar-refractivity contribution in [2.24, 2.45) is 0 Å². The van der Waals surface area contributed by atoms with Gasteiger partial charge in [0, 0.05) is 18.1 Å². The zero-order chi connectivity index (χ0) is 16.3. The first-order chi connectivity index (χ1) is 10.3. The molecule has 0 aliphatic carbocycles. The number of rotatable bonds is 4. The lowest BCUT2D eigenvalue weighted by atomic mass is 10.2. The highest BCUT2D eigenvalue weighted by atomic mass is 35.5. The van der Waals surface area contributed by atoms with Crippen molar-refractivity contribution in [2.75, 3.05) is 36.9 Å². The van der Waals surface area contributed by atoms with Gasteiger partial charge in [-0.1, -0.05) is 17.7 Å². The first-order valence-electron chi connectivity index (χ1n) is 6.92. The predicted octanol–water partition coefficient (Wildman–Crippen LogP) is 1.35. The first-order valence-corrected chi connectivity index (χ1v) is 9.15. The number of hydrogen-bond acceptors (Lipinski definition) is 4. The lowest BCUT2D eigenvalue weighted by molar-refractivity contribution is -0.136. The molecular weight excluding hydrogens is 328 g/mol. The van der Waals surface area contributed by atoms with Gasteiger partial charge in [-0.15, -0.1) is 0 Å². The lowest BCUT2D eigenvalue weighted by Crippen LogP contribution is -2.52. The molecule has 122 valence electrons. The van der Waals surface area contributed by atoms with Crippen molar-refractivity contribution in [1.82, 2.24) is 4.90 Å². The second-order valence-electron chi connectivity index (χ2n) is 5.15. The van der Waals surface area contributed by atoms with Crippen molar-refractivity contribution in [3.63, 3.8) is 0 Å². The van der Waals surface area contributed by atoms with Gasteiger partial charge in [0.15, 0.2) is 0 Å². The number of anilines is 1. The maximum Gasteiger partial charge on any atom is 0.246 e. The van der Waals surface area contributed by atoms with Crippen LogP contribution in [0.4, 0.5) is 5.69 Å². The molecule has 1 aliphatic rings. The number of benzene rings is 1. The van der Waals surface area contributed by atoms with Gasteiger partial charge < -0.3 is 9.64 Å². The van der Waals surface area contributed by atoms with Gasteiger partial charge in [0.1, 0.15) is 6.04 Å². The van der Waals surface area contributed by atoms with E-state index in [0.717, 1.165) is 10.6 Å². The number of amides is 1. The summed E-state index contributed by atoms with van der Waals surface area (Å²) in [6.07, 6.45) is 1.08. The van der Waals surface area contributed by atoms with E-state index in [1.54, 1.807) is 30.0 Å². The number of sulfonamides is 1. The zero-order valence-electron chi connectivity index (χ0n) is 12.5. The molecule has 8 heteroatoms. The van der Waals surface area contributed by atoms with E-state index in [-0.39, 0.29) is 5.91 Å². The number of nitrogens with zero attached hydrogens (tertiary/aromatic N) is 2. The minimum atomic E-state index is -3.62. The Hall–Kier alpha value is -1.31. The molecule has 0 radical (unpaired) electrons. The average molecular weight is 347 g/mol. The van der Waals surface area contributed by atoms with Crippen LogP contribution in [0.25, 0.3) is 0 Å². The molecule has 1 fully saturated rings. The smallest absolute Gasteiger partial charge is 0.246 e. The standard InChI is InChI=1S/C14H19ClN2O4S/c1-11(14(18)16-6-8-21-9-7-16)17(22(2,19)20)13-5-3-4-12(15)10-13/h3-5,10-11H,6-9H2,1-2H3/t11-/m0/s1. The molecule has 1 aliphatic heterocycles. The first kappa shape index (κ1) is 17.1. The molecule has 0 aromatic heterocycles. The summed E-state index contributed by atoms with van der Waals surface area (Å²) in [7, 11) is -3.62. The van der Waals surface area contributed by atoms with Crippen LogP contribution in [-0.2, 0) is 19.6 Å². The van der Waals surface area contributed by atoms with Gasteiger partial charge in [0.2, 0.25) is 15.9 Å². The Balaban J connectivity index is 2.31. The van der Waals surface area contributed by atoms with Gasteiger partial charge in [-0.2, -0.15) is 0 Å². The Morgan fingerprint density at radius 3 is 2.55 bits per heavy atom. The molecule has 0 spiro atoms. The molecule has 2 rings (SSSR count). The molecule has 0 unspecified atom stereocenters. The summed E-state index contributed by atoms with van der Waals surface area (Å²) in [6.45, 7) is 3.45. The minimum Gasteiger partial charge on any atom is -0.378 e. The van der Waals surface area contributed by atoms with E-state index in [9.17, 15) is 13.2 Å². The average Bonchev–Trinajstić information content (AvgIpc) is 2.46. The minimum absolute atomic E-state index is 0.242. The second kappa shape index (κ2) is 6.85. The van der Waals surface area contributed by atoms with Crippen LogP contribution < -0.4 is 4.31 Å². The van der Waals surface area contributed by atoms with E-state index >= 15 is 0 Å². The van der Waals surface area contributed by atoms with Crippen LogP contribution in [-0.4, -0.2) is 57.8 Å². The maximum absolute atomic E-state index is 12.6. The van der Waals surface area contributed by atoms with Gasteiger partial charge in [-0.05, 0) is 25.1 Å². The Labute approximate surface area is 135 Å². The summed E-state index contributed by atoms with van der Waals surface area (Å²) >= 11 is 5.94. The molecule has 1 saturated heterocycles. The highest BCUT2D eigenvalue weighted by molar-refractivity contribution is 7.92. The molecule has 1 atom stereocenters. The van der Waals surface area contributed by atoms with Crippen LogP contribution in [0.2, 0.25) is 5.02 Å². The molecule has 1 heterocycles. The highest BCUT2D eigenvalue weighted by Gasteiger charge is 2.32. The van der Waals surface area contributed by atoms with Gasteiger partial charge >= 0.3 is 0 Å². The van der Waals surface area contributed by atoms with E-state index in [2.05, 4.69) is 0 Å². The van der Waals surface area contributed by atoms with Crippen molar-refractivity contribution in [1.29, 1.82) is 0 Å². The van der Waals surface area contributed by atoms with Crippen molar-refractivity contribution >= 4 is 33.2 Å². The van der Waals surface area contributed by atoms with Crippen LogP contribution in [0.5, 0.6) is 0 Å². The summed E-state index contributed by atoms with van der Waals surface area (Å²) in [5.41, 5.74) is 0.379. The van der Waals surface area contributed by atoms with Crippen LogP contribution in [0, 0.1) is 0 Å². The van der Waals surface area contributed by atoms with Crippen molar-refractivity contribution in [2.45, 2.75) is 13.0 Å². The SMILES string of the molecule is C[C@@H](C(=O)N1CCOCC1)N(c1cccc(Cl)c1)S(C)(=O)=O. The third-order valence-corrected chi connectivity index (χ3v) is 4.93. The largest absolute Gasteiger partial charge is 0.378 e. The maximum atomic E-state index is 12.6. The Bertz CT molecular complexity index is 644. The van der Waals surface area contributed by atoms with E-state index in [0.29, 0.717) is 37.0 Å². The number of ether oxygens (including phenoxy) is 1. The molecule has 1 amide bonds. The summed E-state index contributed by atoms with van der Waals surface area (Å²) in [5.74, 6) is -0.242. The van der Waals surface area contributed by atoms with Crippen molar-refractivity contribution in [3.8, 4) is 0 Å². The molecule has 0 bridgehead atoms.